The lowest BCUT2D eigenvalue weighted by molar-refractivity contribution is 0.165. The number of aliphatic hydroxyl groups is 1. The van der Waals surface area contributed by atoms with Crippen molar-refractivity contribution in [3.8, 4) is 0 Å². The largest absolute Gasteiger partial charge is 0.392 e. The summed E-state index contributed by atoms with van der Waals surface area (Å²) in [5.74, 6) is 1.88. The fraction of sp³-hybridized carbons (Fsp3) is 0.571. The first kappa shape index (κ1) is 14.1. The van der Waals surface area contributed by atoms with Crippen LogP contribution in [0.1, 0.15) is 32.1 Å². The van der Waals surface area contributed by atoms with Crippen LogP contribution in [0, 0.1) is 5.92 Å². The molecule has 0 amide bonds. The normalized spacial score (nSPS) is 17.9. The molecule has 0 radical (unpaired) electrons. The highest BCUT2D eigenvalue weighted by molar-refractivity contribution is 7.99. The molecule has 0 aliphatic heterocycles. The molecule has 1 aliphatic rings. The zero-order chi connectivity index (χ0) is 13.9. The van der Waals surface area contributed by atoms with Crippen LogP contribution in [0.25, 0.3) is 10.2 Å². The van der Waals surface area contributed by atoms with Gasteiger partial charge in [-0.2, -0.15) is 0 Å². The Balaban J connectivity index is 1.58. The van der Waals surface area contributed by atoms with Crippen molar-refractivity contribution in [1.82, 2.24) is 9.97 Å². The van der Waals surface area contributed by atoms with Crippen LogP contribution in [-0.4, -0.2) is 26.9 Å². The van der Waals surface area contributed by atoms with Crippen LogP contribution in [0.5, 0.6) is 0 Å². The number of nitrogen functional groups attached to an aromatic ring is 1. The number of aliphatic hydroxyl groups excluding tert-OH is 1. The van der Waals surface area contributed by atoms with Gasteiger partial charge >= 0.3 is 0 Å². The Morgan fingerprint density at radius 2 is 2.20 bits per heavy atom. The van der Waals surface area contributed by atoms with Crippen LogP contribution in [0.4, 0.5) is 5.82 Å². The maximum absolute atomic E-state index is 10.1. The Kier molecular flexibility index (Phi) is 4.43. The van der Waals surface area contributed by atoms with Gasteiger partial charge in [0, 0.05) is 5.75 Å². The molecule has 0 bridgehead atoms. The van der Waals surface area contributed by atoms with Crippen LogP contribution in [0.15, 0.2) is 16.6 Å². The number of nitrogens with zero attached hydrogens (tertiary/aromatic N) is 2. The van der Waals surface area contributed by atoms with Crippen molar-refractivity contribution in [3.05, 3.63) is 11.4 Å². The predicted molar refractivity (Wildman–Crippen MR) is 85.1 cm³/mol. The first-order valence-electron chi connectivity index (χ1n) is 7.04. The maximum atomic E-state index is 10.1. The van der Waals surface area contributed by atoms with E-state index in [2.05, 4.69) is 9.97 Å². The molecule has 1 saturated carbocycles. The fourth-order valence-electron chi connectivity index (χ4n) is 2.79. The lowest BCUT2D eigenvalue weighted by Gasteiger charge is -2.14. The van der Waals surface area contributed by atoms with E-state index >= 15 is 0 Å². The molecule has 6 heteroatoms. The quantitative estimate of drug-likeness (QED) is 0.655. The van der Waals surface area contributed by atoms with E-state index < -0.39 is 0 Å². The summed E-state index contributed by atoms with van der Waals surface area (Å²) in [4.78, 5) is 9.70. The predicted octanol–water partition coefficient (Wildman–Crippen LogP) is 3.31. The number of aromatic nitrogens is 2. The van der Waals surface area contributed by atoms with Crippen molar-refractivity contribution in [2.45, 2.75) is 43.4 Å². The fourth-order valence-corrected chi connectivity index (χ4v) is 4.42. The molecule has 2 heterocycles. The number of hydrogen-bond acceptors (Lipinski definition) is 6. The number of rotatable bonds is 5. The molecule has 1 unspecified atom stereocenters. The summed E-state index contributed by atoms with van der Waals surface area (Å²) in [5, 5.41) is 13.7. The molecule has 1 fully saturated rings. The van der Waals surface area contributed by atoms with E-state index in [1.165, 1.54) is 37.4 Å². The second kappa shape index (κ2) is 6.28. The van der Waals surface area contributed by atoms with Gasteiger partial charge in [-0.15, -0.1) is 11.3 Å². The second-order valence-electron chi connectivity index (χ2n) is 5.38. The highest BCUT2D eigenvalue weighted by atomic mass is 32.2. The van der Waals surface area contributed by atoms with E-state index in [4.69, 9.17) is 5.73 Å². The third-order valence-corrected chi connectivity index (χ3v) is 5.62. The molecule has 1 atom stereocenters. The summed E-state index contributed by atoms with van der Waals surface area (Å²) in [6, 6.07) is 1.94. The molecular weight excluding hydrogens is 290 g/mol. The number of fused-ring (bicyclic) bond motifs is 1. The minimum absolute atomic E-state index is 0.271. The molecular formula is C14H19N3OS2. The molecule has 3 N–H and O–H groups in total. The third-order valence-electron chi connectivity index (χ3n) is 3.82. The summed E-state index contributed by atoms with van der Waals surface area (Å²) >= 11 is 3.07. The van der Waals surface area contributed by atoms with Gasteiger partial charge in [0.05, 0.1) is 11.5 Å². The molecule has 4 nitrogen and oxygen atoms in total. The summed E-state index contributed by atoms with van der Waals surface area (Å²) in [6.45, 7) is 0. The van der Waals surface area contributed by atoms with Gasteiger partial charge in [-0.05, 0) is 23.8 Å². The summed E-state index contributed by atoms with van der Waals surface area (Å²) in [7, 11) is 0. The van der Waals surface area contributed by atoms with Crippen LogP contribution in [0.2, 0.25) is 0 Å². The van der Waals surface area contributed by atoms with Gasteiger partial charge in [0.2, 0.25) is 0 Å². The average Bonchev–Trinajstić information content (AvgIpc) is 3.07. The van der Waals surface area contributed by atoms with E-state index in [0.29, 0.717) is 22.6 Å². The van der Waals surface area contributed by atoms with Gasteiger partial charge < -0.3 is 10.8 Å². The zero-order valence-corrected chi connectivity index (χ0v) is 12.9. The average molecular weight is 309 g/mol. The van der Waals surface area contributed by atoms with E-state index in [1.54, 1.807) is 11.3 Å². The van der Waals surface area contributed by atoms with E-state index in [0.717, 1.165) is 16.6 Å². The highest BCUT2D eigenvalue weighted by Gasteiger charge is 2.19. The Bertz CT molecular complexity index is 581. The molecule has 20 heavy (non-hydrogen) atoms. The van der Waals surface area contributed by atoms with Crippen LogP contribution >= 0.6 is 23.1 Å². The number of hydrogen-bond donors (Lipinski definition) is 2. The Labute approximate surface area is 126 Å². The van der Waals surface area contributed by atoms with Crippen molar-refractivity contribution < 1.29 is 5.11 Å². The molecule has 0 aromatic carbocycles. The maximum Gasteiger partial charge on any atom is 0.190 e. The Morgan fingerprint density at radius 1 is 1.40 bits per heavy atom. The molecule has 2 aromatic heterocycles. The van der Waals surface area contributed by atoms with Crippen molar-refractivity contribution >= 4 is 39.1 Å². The molecule has 0 spiro atoms. The Morgan fingerprint density at radius 3 is 3.00 bits per heavy atom. The van der Waals surface area contributed by atoms with Crippen molar-refractivity contribution in [3.63, 3.8) is 0 Å². The third kappa shape index (κ3) is 3.24. The van der Waals surface area contributed by atoms with E-state index in [9.17, 15) is 5.11 Å². The number of anilines is 1. The van der Waals surface area contributed by atoms with Crippen LogP contribution < -0.4 is 5.73 Å². The van der Waals surface area contributed by atoms with Crippen molar-refractivity contribution in [2.75, 3.05) is 11.5 Å². The Hall–Kier alpha value is -0.850. The topological polar surface area (TPSA) is 72.0 Å². The van der Waals surface area contributed by atoms with Crippen LogP contribution in [0.3, 0.4) is 0 Å². The summed E-state index contributed by atoms with van der Waals surface area (Å²) < 4.78 is 0. The van der Waals surface area contributed by atoms with Gasteiger partial charge in [0.25, 0.3) is 0 Å². The number of nitrogens with two attached hydrogens (primary N) is 1. The lowest BCUT2D eigenvalue weighted by Crippen LogP contribution is -2.14. The molecule has 108 valence electrons. The van der Waals surface area contributed by atoms with Crippen molar-refractivity contribution in [2.24, 2.45) is 5.92 Å². The van der Waals surface area contributed by atoms with Gasteiger partial charge in [0.15, 0.2) is 5.16 Å². The minimum Gasteiger partial charge on any atom is -0.392 e. The second-order valence-corrected chi connectivity index (χ2v) is 7.26. The molecule has 2 aromatic rings. The summed E-state index contributed by atoms with van der Waals surface area (Å²) in [6.07, 6.45) is 5.81. The van der Waals surface area contributed by atoms with Crippen molar-refractivity contribution in [1.29, 1.82) is 0 Å². The first-order chi connectivity index (χ1) is 9.72. The van der Waals surface area contributed by atoms with E-state index in [-0.39, 0.29) is 6.10 Å². The molecule has 3 rings (SSSR count). The lowest BCUT2D eigenvalue weighted by atomic mass is 10.0. The van der Waals surface area contributed by atoms with Gasteiger partial charge in [-0.3, -0.25) is 0 Å². The number of thioether (sulfide) groups is 1. The smallest absolute Gasteiger partial charge is 0.190 e. The minimum atomic E-state index is -0.271. The highest BCUT2D eigenvalue weighted by Crippen LogP contribution is 2.30. The van der Waals surface area contributed by atoms with Crippen LogP contribution in [-0.2, 0) is 0 Å². The summed E-state index contributed by atoms with van der Waals surface area (Å²) in [5.41, 5.74) is 5.92. The zero-order valence-electron chi connectivity index (χ0n) is 11.3. The van der Waals surface area contributed by atoms with Gasteiger partial charge in [-0.25, -0.2) is 9.97 Å². The van der Waals surface area contributed by atoms with Gasteiger partial charge in [-0.1, -0.05) is 37.4 Å². The molecule has 0 saturated heterocycles. The van der Waals surface area contributed by atoms with E-state index in [1.807, 2.05) is 11.4 Å². The first-order valence-corrected chi connectivity index (χ1v) is 8.90. The number of thiophene rings is 1. The van der Waals surface area contributed by atoms with Gasteiger partial charge in [0.1, 0.15) is 10.6 Å². The SMILES string of the molecule is Nc1nc(SCC(O)CC2CCCC2)nc2sccc12. The standard InChI is InChI=1S/C14H19N3OS2/c15-12-11-5-6-19-13(11)17-14(16-12)20-8-10(18)7-9-3-1-2-4-9/h5-6,9-10,18H,1-4,7-8H2,(H2,15,16,17). The molecule has 1 aliphatic carbocycles. The monoisotopic (exact) mass is 309 g/mol.